The molecule has 0 aliphatic heterocycles. The Hall–Kier alpha value is -2.88. The van der Waals surface area contributed by atoms with Crippen molar-refractivity contribution in [2.24, 2.45) is 0 Å². The van der Waals surface area contributed by atoms with E-state index in [1.165, 1.54) is 0 Å². The van der Waals surface area contributed by atoms with Gasteiger partial charge in [-0.15, -0.1) is 0 Å². The fourth-order valence-electron chi connectivity index (χ4n) is 1.98. The second-order valence-electron chi connectivity index (χ2n) is 5.11. The molecular weight excluding hydrogens is 292 g/mol. The van der Waals surface area contributed by atoms with Crippen LogP contribution in [-0.2, 0) is 16.1 Å². The van der Waals surface area contributed by atoms with Gasteiger partial charge in [-0.2, -0.15) is 0 Å². The molecule has 0 N–H and O–H groups in total. The molecule has 0 aliphatic carbocycles. The average molecular weight is 310 g/mol. The molecule has 0 saturated carbocycles. The Kier molecular flexibility index (Phi) is 5.31. The molecule has 0 spiro atoms. The van der Waals surface area contributed by atoms with E-state index < -0.39 is 5.97 Å². The van der Waals surface area contributed by atoms with Crippen molar-refractivity contribution in [3.8, 4) is 5.75 Å². The van der Waals surface area contributed by atoms with Crippen LogP contribution in [0.1, 0.15) is 28.4 Å². The van der Waals surface area contributed by atoms with Crippen molar-refractivity contribution in [3.05, 3.63) is 77.4 Å². The smallest absolute Gasteiger partial charge is 0.333 e. The number of hydrogen-bond acceptors (Lipinski definition) is 4. The predicted molar refractivity (Wildman–Crippen MR) is 87.5 cm³/mol. The molecule has 4 heteroatoms. The number of rotatable bonds is 6. The molecule has 118 valence electrons. The summed E-state index contributed by atoms with van der Waals surface area (Å²) in [5.74, 6) is 0.152. The van der Waals surface area contributed by atoms with Crippen molar-refractivity contribution in [2.75, 3.05) is 7.11 Å². The summed E-state index contributed by atoms with van der Waals surface area (Å²) in [6.45, 7) is 5.22. The van der Waals surface area contributed by atoms with Gasteiger partial charge in [-0.3, -0.25) is 4.79 Å². The zero-order chi connectivity index (χ0) is 16.8. The predicted octanol–water partition coefficient (Wildman–Crippen LogP) is 3.55. The summed E-state index contributed by atoms with van der Waals surface area (Å²) in [4.78, 5) is 23.9. The van der Waals surface area contributed by atoms with E-state index in [2.05, 4.69) is 6.58 Å². The van der Waals surface area contributed by atoms with E-state index >= 15 is 0 Å². The SMILES string of the molecule is C=C(C)C(=O)OCc1cccc(C(=O)c2ccc(OC)cc2)c1. The van der Waals surface area contributed by atoms with Crippen molar-refractivity contribution < 1.29 is 19.1 Å². The summed E-state index contributed by atoms with van der Waals surface area (Å²) in [6, 6.07) is 13.9. The van der Waals surface area contributed by atoms with Gasteiger partial charge in [0.25, 0.3) is 0 Å². The molecule has 0 radical (unpaired) electrons. The lowest BCUT2D eigenvalue weighted by atomic mass is 10.0. The van der Waals surface area contributed by atoms with E-state index in [0.717, 1.165) is 5.56 Å². The van der Waals surface area contributed by atoms with Gasteiger partial charge in [0.05, 0.1) is 7.11 Å². The number of esters is 1. The molecule has 23 heavy (non-hydrogen) atoms. The highest BCUT2D eigenvalue weighted by Gasteiger charge is 2.10. The van der Waals surface area contributed by atoms with E-state index in [1.807, 2.05) is 0 Å². The molecule has 0 fully saturated rings. The fraction of sp³-hybridized carbons (Fsp3) is 0.158. The summed E-state index contributed by atoms with van der Waals surface area (Å²) in [6.07, 6.45) is 0. The van der Waals surface area contributed by atoms with Crippen LogP contribution < -0.4 is 4.74 Å². The van der Waals surface area contributed by atoms with Crippen molar-refractivity contribution in [1.29, 1.82) is 0 Å². The molecule has 0 unspecified atom stereocenters. The first-order valence-corrected chi connectivity index (χ1v) is 7.11. The number of ether oxygens (including phenoxy) is 2. The first-order chi connectivity index (χ1) is 11.0. The van der Waals surface area contributed by atoms with E-state index in [4.69, 9.17) is 9.47 Å². The maximum absolute atomic E-state index is 12.5. The minimum Gasteiger partial charge on any atom is -0.497 e. The highest BCUT2D eigenvalue weighted by molar-refractivity contribution is 6.09. The highest BCUT2D eigenvalue weighted by Crippen LogP contribution is 2.16. The molecule has 0 heterocycles. The molecular formula is C19H18O4. The monoisotopic (exact) mass is 310 g/mol. The largest absolute Gasteiger partial charge is 0.497 e. The van der Waals surface area contributed by atoms with Crippen LogP contribution in [0.2, 0.25) is 0 Å². The van der Waals surface area contributed by atoms with Crippen LogP contribution in [0.25, 0.3) is 0 Å². The van der Waals surface area contributed by atoms with Gasteiger partial charge in [-0.1, -0.05) is 24.8 Å². The van der Waals surface area contributed by atoms with Crippen LogP contribution in [0, 0.1) is 0 Å². The molecule has 0 saturated heterocycles. The van der Waals surface area contributed by atoms with Crippen LogP contribution in [0.4, 0.5) is 0 Å². The minimum absolute atomic E-state index is 0.0965. The van der Waals surface area contributed by atoms with Crippen LogP contribution >= 0.6 is 0 Å². The Bertz CT molecular complexity index is 729. The number of carbonyl (C=O) groups excluding carboxylic acids is 2. The van der Waals surface area contributed by atoms with E-state index in [1.54, 1.807) is 62.6 Å². The molecule has 0 amide bonds. The van der Waals surface area contributed by atoms with Crippen LogP contribution in [0.15, 0.2) is 60.7 Å². The van der Waals surface area contributed by atoms with Crippen molar-refractivity contribution in [3.63, 3.8) is 0 Å². The van der Waals surface area contributed by atoms with Crippen LogP contribution in [0.5, 0.6) is 5.75 Å². The quantitative estimate of drug-likeness (QED) is 0.465. The van der Waals surface area contributed by atoms with Gasteiger partial charge in [0.1, 0.15) is 12.4 Å². The Labute approximate surface area is 135 Å². The summed E-state index contributed by atoms with van der Waals surface area (Å²) < 4.78 is 10.2. The third-order valence-electron chi connectivity index (χ3n) is 3.26. The molecule has 4 nitrogen and oxygen atoms in total. The van der Waals surface area contributed by atoms with E-state index in [-0.39, 0.29) is 12.4 Å². The van der Waals surface area contributed by atoms with Crippen LogP contribution in [-0.4, -0.2) is 18.9 Å². The van der Waals surface area contributed by atoms with Gasteiger partial charge in [0.15, 0.2) is 5.78 Å². The fourth-order valence-corrected chi connectivity index (χ4v) is 1.98. The number of ketones is 1. The Balaban J connectivity index is 2.13. The Morgan fingerprint density at radius 2 is 1.74 bits per heavy atom. The number of benzene rings is 2. The first kappa shape index (κ1) is 16.5. The van der Waals surface area contributed by atoms with Crippen molar-refractivity contribution >= 4 is 11.8 Å². The van der Waals surface area contributed by atoms with Gasteiger partial charge < -0.3 is 9.47 Å². The van der Waals surface area contributed by atoms with Crippen LogP contribution in [0.3, 0.4) is 0 Å². The lowest BCUT2D eigenvalue weighted by Crippen LogP contribution is -2.06. The highest BCUT2D eigenvalue weighted by atomic mass is 16.5. The third kappa shape index (κ3) is 4.30. The molecule has 0 bridgehead atoms. The van der Waals surface area contributed by atoms with Gasteiger partial charge in [0.2, 0.25) is 0 Å². The lowest BCUT2D eigenvalue weighted by molar-refractivity contribution is -0.140. The van der Waals surface area contributed by atoms with Crippen molar-refractivity contribution in [2.45, 2.75) is 13.5 Å². The zero-order valence-corrected chi connectivity index (χ0v) is 13.2. The third-order valence-corrected chi connectivity index (χ3v) is 3.26. The minimum atomic E-state index is -0.447. The lowest BCUT2D eigenvalue weighted by Gasteiger charge is -2.07. The maximum Gasteiger partial charge on any atom is 0.333 e. The number of methoxy groups -OCH3 is 1. The van der Waals surface area contributed by atoms with Gasteiger partial charge in [0, 0.05) is 16.7 Å². The summed E-state index contributed by atoms with van der Waals surface area (Å²) in [5.41, 5.74) is 2.20. The molecule has 0 aliphatic rings. The summed E-state index contributed by atoms with van der Waals surface area (Å²) in [7, 11) is 1.58. The van der Waals surface area contributed by atoms with Gasteiger partial charge in [-0.25, -0.2) is 4.79 Å². The zero-order valence-electron chi connectivity index (χ0n) is 13.2. The second kappa shape index (κ2) is 7.40. The number of hydrogen-bond donors (Lipinski definition) is 0. The standard InChI is InChI=1S/C19H18O4/c1-13(2)19(21)23-12-14-5-4-6-16(11-14)18(20)15-7-9-17(22-3)10-8-15/h4-11H,1,12H2,2-3H3. The molecule has 0 atom stereocenters. The Morgan fingerprint density at radius 3 is 2.35 bits per heavy atom. The van der Waals surface area contributed by atoms with Gasteiger partial charge in [-0.05, 0) is 42.8 Å². The average Bonchev–Trinajstić information content (AvgIpc) is 2.59. The Morgan fingerprint density at radius 1 is 1.04 bits per heavy atom. The van der Waals surface area contributed by atoms with Gasteiger partial charge >= 0.3 is 5.97 Å². The van der Waals surface area contributed by atoms with E-state index in [9.17, 15) is 9.59 Å². The topological polar surface area (TPSA) is 52.6 Å². The molecule has 2 aromatic rings. The molecule has 2 aromatic carbocycles. The molecule has 0 aromatic heterocycles. The molecule has 2 rings (SSSR count). The van der Waals surface area contributed by atoms with E-state index in [0.29, 0.717) is 22.4 Å². The summed E-state index contributed by atoms with van der Waals surface area (Å²) >= 11 is 0. The normalized spacial score (nSPS) is 10.0. The summed E-state index contributed by atoms with van der Waals surface area (Å²) in [5, 5.41) is 0. The maximum atomic E-state index is 12.5. The number of carbonyl (C=O) groups is 2. The second-order valence-corrected chi connectivity index (χ2v) is 5.11. The van der Waals surface area contributed by atoms with Crippen molar-refractivity contribution in [1.82, 2.24) is 0 Å². The first-order valence-electron chi connectivity index (χ1n) is 7.11.